The van der Waals surface area contributed by atoms with Crippen molar-refractivity contribution in [3.05, 3.63) is 28.5 Å². The third-order valence-corrected chi connectivity index (χ3v) is 3.24. The monoisotopic (exact) mass is 298 g/mol. The van der Waals surface area contributed by atoms with E-state index in [9.17, 15) is 4.79 Å². The summed E-state index contributed by atoms with van der Waals surface area (Å²) in [4.78, 5) is 18.3. The lowest BCUT2D eigenvalue weighted by Gasteiger charge is -2.36. The molecule has 2 unspecified atom stereocenters. The Morgan fingerprint density at radius 1 is 1.53 bits per heavy atom. The molecule has 1 aliphatic rings. The Kier molecular flexibility index (Phi) is 3.79. The van der Waals surface area contributed by atoms with Crippen molar-refractivity contribution in [2.24, 2.45) is 0 Å². The summed E-state index contributed by atoms with van der Waals surface area (Å²) in [5, 5.41) is 0. The number of halogens is 1. The molecule has 0 saturated carbocycles. The maximum atomic E-state index is 12.3. The van der Waals surface area contributed by atoms with Gasteiger partial charge in [0, 0.05) is 6.54 Å². The zero-order chi connectivity index (χ0) is 12.4. The number of morpholine rings is 1. The SMILES string of the molecule is CC1CN(C(=O)c2cccc(Br)n2)C(C)CO1. The van der Waals surface area contributed by atoms with Crippen LogP contribution in [0, 0.1) is 0 Å². The molecule has 1 aliphatic heterocycles. The molecule has 0 bridgehead atoms. The largest absolute Gasteiger partial charge is 0.375 e. The van der Waals surface area contributed by atoms with E-state index in [1.165, 1.54) is 0 Å². The highest BCUT2D eigenvalue weighted by molar-refractivity contribution is 9.10. The number of carbonyl (C=O) groups excluding carboxylic acids is 1. The molecule has 2 atom stereocenters. The number of rotatable bonds is 1. The van der Waals surface area contributed by atoms with Gasteiger partial charge in [-0.2, -0.15) is 0 Å². The summed E-state index contributed by atoms with van der Waals surface area (Å²) in [5.41, 5.74) is 0.473. The molecule has 0 radical (unpaired) electrons. The predicted octanol–water partition coefficient (Wildman–Crippen LogP) is 2.09. The second-order valence-corrected chi connectivity index (χ2v) is 5.11. The van der Waals surface area contributed by atoms with Crippen molar-refractivity contribution in [3.8, 4) is 0 Å². The van der Waals surface area contributed by atoms with Gasteiger partial charge >= 0.3 is 0 Å². The van der Waals surface area contributed by atoms with Gasteiger partial charge in [-0.05, 0) is 41.9 Å². The number of hydrogen-bond acceptors (Lipinski definition) is 3. The summed E-state index contributed by atoms with van der Waals surface area (Å²) < 4.78 is 6.18. The fraction of sp³-hybridized carbons (Fsp3) is 0.500. The summed E-state index contributed by atoms with van der Waals surface area (Å²) in [6.45, 7) is 5.16. The van der Waals surface area contributed by atoms with Crippen molar-refractivity contribution in [1.29, 1.82) is 0 Å². The van der Waals surface area contributed by atoms with Crippen LogP contribution in [0.4, 0.5) is 0 Å². The average Bonchev–Trinajstić information content (AvgIpc) is 2.31. The molecule has 5 heteroatoms. The molecule has 92 valence electrons. The Hall–Kier alpha value is -0.940. The van der Waals surface area contributed by atoms with Crippen LogP contribution in [0.2, 0.25) is 0 Å². The van der Waals surface area contributed by atoms with Crippen LogP contribution >= 0.6 is 15.9 Å². The Bertz CT molecular complexity index is 425. The van der Waals surface area contributed by atoms with Crippen molar-refractivity contribution in [2.45, 2.75) is 26.0 Å². The molecule has 17 heavy (non-hydrogen) atoms. The van der Waals surface area contributed by atoms with Gasteiger partial charge in [-0.1, -0.05) is 6.07 Å². The number of ether oxygens (including phenoxy) is 1. The highest BCUT2D eigenvalue weighted by Gasteiger charge is 2.28. The van der Waals surface area contributed by atoms with E-state index in [2.05, 4.69) is 20.9 Å². The Balaban J connectivity index is 2.18. The van der Waals surface area contributed by atoms with Gasteiger partial charge in [-0.3, -0.25) is 4.79 Å². The van der Waals surface area contributed by atoms with Gasteiger partial charge in [0.2, 0.25) is 0 Å². The highest BCUT2D eigenvalue weighted by Crippen LogP contribution is 2.15. The molecule has 4 nitrogen and oxygen atoms in total. The van der Waals surface area contributed by atoms with Gasteiger partial charge in [0.1, 0.15) is 10.3 Å². The van der Waals surface area contributed by atoms with E-state index in [0.29, 0.717) is 23.4 Å². The molecule has 0 spiro atoms. The van der Waals surface area contributed by atoms with E-state index in [-0.39, 0.29) is 18.1 Å². The van der Waals surface area contributed by atoms with Gasteiger partial charge in [0.15, 0.2) is 0 Å². The van der Waals surface area contributed by atoms with Gasteiger partial charge in [0.05, 0.1) is 18.8 Å². The third-order valence-electron chi connectivity index (χ3n) is 2.80. The standard InChI is InChI=1S/C12H15BrN2O2/c1-8-7-17-9(2)6-15(8)12(16)10-4-3-5-11(13)14-10/h3-5,8-9H,6-7H2,1-2H3. The molecule has 2 rings (SSSR count). The maximum absolute atomic E-state index is 12.3. The van der Waals surface area contributed by atoms with Crippen LogP contribution < -0.4 is 0 Å². The molecule has 1 aromatic rings. The molecule has 1 saturated heterocycles. The molecule has 1 aromatic heterocycles. The van der Waals surface area contributed by atoms with E-state index in [1.54, 1.807) is 6.07 Å². The fourth-order valence-electron chi connectivity index (χ4n) is 1.86. The average molecular weight is 299 g/mol. The Morgan fingerprint density at radius 3 is 3.00 bits per heavy atom. The van der Waals surface area contributed by atoms with E-state index >= 15 is 0 Å². The van der Waals surface area contributed by atoms with Gasteiger partial charge in [-0.25, -0.2) is 4.98 Å². The lowest BCUT2D eigenvalue weighted by Crippen LogP contribution is -2.50. The minimum atomic E-state index is -0.0334. The first kappa shape index (κ1) is 12.5. The maximum Gasteiger partial charge on any atom is 0.272 e. The van der Waals surface area contributed by atoms with Crippen molar-refractivity contribution in [2.75, 3.05) is 13.2 Å². The molecule has 1 amide bonds. The molecule has 1 fully saturated rings. The van der Waals surface area contributed by atoms with E-state index < -0.39 is 0 Å². The first-order valence-electron chi connectivity index (χ1n) is 5.63. The lowest BCUT2D eigenvalue weighted by atomic mass is 10.2. The summed E-state index contributed by atoms with van der Waals surface area (Å²) in [6, 6.07) is 5.46. The lowest BCUT2D eigenvalue weighted by molar-refractivity contribution is -0.0389. The molecule has 0 aliphatic carbocycles. The summed E-state index contributed by atoms with van der Waals surface area (Å²) >= 11 is 3.27. The fourth-order valence-corrected chi connectivity index (χ4v) is 2.20. The second kappa shape index (κ2) is 5.14. The van der Waals surface area contributed by atoms with Crippen LogP contribution in [0.1, 0.15) is 24.3 Å². The van der Waals surface area contributed by atoms with E-state index in [1.807, 2.05) is 30.9 Å². The zero-order valence-corrected chi connectivity index (χ0v) is 11.5. The molecular weight excluding hydrogens is 284 g/mol. The highest BCUT2D eigenvalue weighted by atomic mass is 79.9. The summed E-state index contributed by atoms with van der Waals surface area (Å²) in [7, 11) is 0. The van der Waals surface area contributed by atoms with Gasteiger partial charge in [0.25, 0.3) is 5.91 Å². The van der Waals surface area contributed by atoms with Gasteiger partial charge < -0.3 is 9.64 Å². The van der Waals surface area contributed by atoms with Gasteiger partial charge in [-0.15, -0.1) is 0 Å². The summed E-state index contributed by atoms with van der Waals surface area (Å²) in [6.07, 6.45) is 0.0855. The number of hydrogen-bond donors (Lipinski definition) is 0. The first-order chi connectivity index (χ1) is 8.08. The first-order valence-corrected chi connectivity index (χ1v) is 6.42. The van der Waals surface area contributed by atoms with Crippen LogP contribution in [-0.4, -0.2) is 41.1 Å². The quantitative estimate of drug-likeness (QED) is 0.746. The van der Waals surface area contributed by atoms with E-state index in [0.717, 1.165) is 0 Å². The Morgan fingerprint density at radius 2 is 2.29 bits per heavy atom. The predicted molar refractivity (Wildman–Crippen MR) is 67.8 cm³/mol. The van der Waals surface area contributed by atoms with Crippen molar-refractivity contribution >= 4 is 21.8 Å². The van der Waals surface area contributed by atoms with Crippen molar-refractivity contribution in [1.82, 2.24) is 9.88 Å². The number of pyridine rings is 1. The molecule has 2 heterocycles. The van der Waals surface area contributed by atoms with Crippen LogP contribution in [0.5, 0.6) is 0 Å². The number of aromatic nitrogens is 1. The van der Waals surface area contributed by atoms with Crippen molar-refractivity contribution < 1.29 is 9.53 Å². The van der Waals surface area contributed by atoms with E-state index in [4.69, 9.17) is 4.74 Å². The second-order valence-electron chi connectivity index (χ2n) is 4.30. The smallest absolute Gasteiger partial charge is 0.272 e. The minimum absolute atomic E-state index is 0.0334. The minimum Gasteiger partial charge on any atom is -0.375 e. The molecule has 0 aromatic carbocycles. The molecular formula is C12H15BrN2O2. The number of nitrogens with zero attached hydrogens (tertiary/aromatic N) is 2. The number of carbonyl (C=O) groups is 1. The van der Waals surface area contributed by atoms with Crippen LogP contribution in [0.3, 0.4) is 0 Å². The summed E-state index contributed by atoms with van der Waals surface area (Å²) in [5.74, 6) is -0.0334. The van der Waals surface area contributed by atoms with Crippen LogP contribution in [-0.2, 0) is 4.74 Å². The third kappa shape index (κ3) is 2.84. The Labute approximate surface area is 109 Å². The van der Waals surface area contributed by atoms with Crippen LogP contribution in [0.15, 0.2) is 22.8 Å². The normalized spacial score (nSPS) is 24.8. The van der Waals surface area contributed by atoms with Crippen molar-refractivity contribution in [3.63, 3.8) is 0 Å². The van der Waals surface area contributed by atoms with Crippen LogP contribution in [0.25, 0.3) is 0 Å². The number of amides is 1. The molecule has 0 N–H and O–H groups in total. The zero-order valence-electron chi connectivity index (χ0n) is 9.89. The topological polar surface area (TPSA) is 42.4 Å².